The van der Waals surface area contributed by atoms with Crippen LogP contribution in [0.15, 0.2) is 78.9 Å². The molecular formula is C52H74N6O5. The van der Waals surface area contributed by atoms with Gasteiger partial charge >= 0.3 is 0 Å². The van der Waals surface area contributed by atoms with E-state index < -0.39 is 0 Å². The number of para-hydroxylation sites is 1. The van der Waals surface area contributed by atoms with E-state index in [0.29, 0.717) is 68.2 Å². The van der Waals surface area contributed by atoms with E-state index in [4.69, 9.17) is 19.2 Å². The second-order valence-electron chi connectivity index (χ2n) is 20.4. The van der Waals surface area contributed by atoms with E-state index >= 15 is 0 Å². The summed E-state index contributed by atoms with van der Waals surface area (Å²) in [5, 5.41) is 3.67. The Morgan fingerprint density at radius 3 is 2.16 bits per heavy atom. The van der Waals surface area contributed by atoms with Gasteiger partial charge in [0.15, 0.2) is 5.78 Å². The third-order valence-electron chi connectivity index (χ3n) is 11.0. The topological polar surface area (TPSA) is 99.7 Å². The van der Waals surface area contributed by atoms with Gasteiger partial charge < -0.3 is 29.3 Å². The van der Waals surface area contributed by atoms with Crippen molar-refractivity contribution in [2.45, 2.75) is 75.7 Å². The van der Waals surface area contributed by atoms with Crippen LogP contribution in [0.1, 0.15) is 73.4 Å². The number of anilines is 3. The van der Waals surface area contributed by atoms with Crippen molar-refractivity contribution in [2.24, 2.45) is 16.2 Å². The zero-order chi connectivity index (χ0) is 46.0. The Kier molecular flexibility index (Phi) is 16.8. The lowest BCUT2D eigenvalue weighted by Crippen LogP contribution is -2.46. The molecule has 4 aromatic rings. The van der Waals surface area contributed by atoms with Crippen molar-refractivity contribution < 1.29 is 23.8 Å². The van der Waals surface area contributed by atoms with Crippen LogP contribution in [0.3, 0.4) is 0 Å². The monoisotopic (exact) mass is 863 g/mol. The Balaban J connectivity index is 1.43. The first kappa shape index (κ1) is 49.1. The number of rotatable bonds is 20. The van der Waals surface area contributed by atoms with Gasteiger partial charge in [0.2, 0.25) is 11.8 Å². The molecule has 1 aliphatic rings. The predicted octanol–water partition coefficient (Wildman–Crippen LogP) is 9.62. The van der Waals surface area contributed by atoms with Crippen molar-refractivity contribution in [1.29, 1.82) is 0 Å². The number of carbonyl (C=O) groups excluding carboxylic acids is 2. The van der Waals surface area contributed by atoms with Gasteiger partial charge in [0.25, 0.3) is 0 Å². The number of Topliss-reactive ketones (excluding diaryl/α,β-unsaturated/α-hetero) is 1. The molecule has 3 aromatic carbocycles. The van der Waals surface area contributed by atoms with Crippen LogP contribution in [0.5, 0.6) is 17.4 Å². The highest BCUT2D eigenvalue weighted by Gasteiger charge is 2.29. The van der Waals surface area contributed by atoms with E-state index in [0.717, 1.165) is 60.8 Å². The highest BCUT2D eigenvalue weighted by atomic mass is 16.5. The summed E-state index contributed by atoms with van der Waals surface area (Å²) >= 11 is 0. The molecule has 1 aliphatic heterocycles. The van der Waals surface area contributed by atoms with Crippen molar-refractivity contribution in [3.63, 3.8) is 0 Å². The molecule has 0 aliphatic carbocycles. The molecule has 342 valence electrons. The van der Waals surface area contributed by atoms with Gasteiger partial charge in [-0.25, -0.2) is 4.98 Å². The number of ketones is 1. The lowest BCUT2D eigenvalue weighted by Gasteiger charge is -2.35. The van der Waals surface area contributed by atoms with Crippen LogP contribution in [0.2, 0.25) is 0 Å². The van der Waals surface area contributed by atoms with Gasteiger partial charge in [0.1, 0.15) is 11.5 Å². The Morgan fingerprint density at radius 1 is 0.841 bits per heavy atom. The van der Waals surface area contributed by atoms with Crippen molar-refractivity contribution in [2.75, 3.05) is 101 Å². The SMILES string of the molecule is CCN(CC(=O)Cc1ccc(OC)cc1-c1ccc(NCC(C)(C)CN(C(=O)CN(C)CC(C)(C)C)c2ccc(N3CCOCC3)cc2)c(Oc2ccccc2C)n1)CC(C)(C)C. The van der Waals surface area contributed by atoms with Crippen LogP contribution in [0.25, 0.3) is 11.3 Å². The molecule has 1 saturated heterocycles. The quantitative estimate of drug-likeness (QED) is 0.0925. The van der Waals surface area contributed by atoms with Crippen LogP contribution < -0.4 is 24.6 Å². The molecule has 0 atom stereocenters. The maximum atomic E-state index is 14.3. The molecule has 0 saturated carbocycles. The largest absolute Gasteiger partial charge is 0.497 e. The number of pyridine rings is 1. The van der Waals surface area contributed by atoms with Crippen molar-refractivity contribution in [3.05, 3.63) is 90.0 Å². The minimum absolute atomic E-state index is 0.0488. The molecule has 1 N–H and O–H groups in total. The molecule has 1 fully saturated rings. The molecular weight excluding hydrogens is 789 g/mol. The minimum Gasteiger partial charge on any atom is -0.497 e. The van der Waals surface area contributed by atoms with E-state index in [9.17, 15) is 9.59 Å². The molecule has 11 nitrogen and oxygen atoms in total. The summed E-state index contributed by atoms with van der Waals surface area (Å²) in [6.45, 7) is 28.8. The summed E-state index contributed by atoms with van der Waals surface area (Å²) in [5.41, 5.74) is 5.80. The number of nitrogens with one attached hydrogen (secondary N) is 1. The number of amides is 1. The second-order valence-corrected chi connectivity index (χ2v) is 20.4. The Morgan fingerprint density at radius 2 is 1.52 bits per heavy atom. The van der Waals surface area contributed by atoms with Crippen LogP contribution in [0.4, 0.5) is 17.1 Å². The summed E-state index contributed by atoms with van der Waals surface area (Å²) in [4.78, 5) is 41.6. The summed E-state index contributed by atoms with van der Waals surface area (Å²) < 4.78 is 17.9. The van der Waals surface area contributed by atoms with E-state index in [1.54, 1.807) is 7.11 Å². The number of ether oxygens (including phenoxy) is 3. The average Bonchev–Trinajstić information content (AvgIpc) is 3.22. The third-order valence-corrected chi connectivity index (χ3v) is 11.0. The number of methoxy groups -OCH3 is 1. The smallest absolute Gasteiger partial charge is 0.243 e. The Bertz CT molecular complexity index is 2120. The molecule has 0 bridgehead atoms. The summed E-state index contributed by atoms with van der Waals surface area (Å²) in [5.74, 6) is 1.98. The Labute approximate surface area is 378 Å². The number of carbonyl (C=O) groups is 2. The number of aryl methyl sites for hydroxylation is 1. The minimum atomic E-state index is -0.389. The number of aromatic nitrogens is 1. The molecule has 0 unspecified atom stereocenters. The van der Waals surface area contributed by atoms with Gasteiger partial charge in [0, 0.05) is 68.0 Å². The maximum Gasteiger partial charge on any atom is 0.243 e. The molecule has 5 rings (SSSR count). The second kappa shape index (κ2) is 21.6. The molecule has 63 heavy (non-hydrogen) atoms. The van der Waals surface area contributed by atoms with Gasteiger partial charge in [-0.1, -0.05) is 86.6 Å². The zero-order valence-electron chi connectivity index (χ0n) is 40.3. The molecule has 2 heterocycles. The first-order valence-electron chi connectivity index (χ1n) is 22.5. The predicted molar refractivity (Wildman–Crippen MR) is 259 cm³/mol. The van der Waals surface area contributed by atoms with E-state index in [2.05, 4.69) is 107 Å². The van der Waals surface area contributed by atoms with Gasteiger partial charge in [0.05, 0.1) is 44.8 Å². The van der Waals surface area contributed by atoms with E-state index in [1.807, 2.05) is 73.5 Å². The summed E-state index contributed by atoms with van der Waals surface area (Å²) in [6.07, 6.45) is 0.265. The summed E-state index contributed by atoms with van der Waals surface area (Å²) in [7, 11) is 3.66. The van der Waals surface area contributed by atoms with Crippen LogP contribution in [0, 0.1) is 23.2 Å². The Hall–Kier alpha value is -4.97. The van der Waals surface area contributed by atoms with Gasteiger partial charge in [-0.3, -0.25) is 19.4 Å². The average molecular weight is 863 g/mol. The van der Waals surface area contributed by atoms with Crippen LogP contribution in [-0.2, 0) is 20.7 Å². The highest BCUT2D eigenvalue weighted by Crippen LogP contribution is 2.36. The zero-order valence-corrected chi connectivity index (χ0v) is 40.3. The fourth-order valence-corrected chi connectivity index (χ4v) is 8.11. The fourth-order valence-electron chi connectivity index (χ4n) is 8.11. The maximum absolute atomic E-state index is 14.3. The van der Waals surface area contributed by atoms with Gasteiger partial charge in [-0.15, -0.1) is 0 Å². The number of hydrogen-bond donors (Lipinski definition) is 1. The summed E-state index contributed by atoms with van der Waals surface area (Å²) in [6, 6.07) is 26.0. The number of hydrogen-bond acceptors (Lipinski definition) is 10. The van der Waals surface area contributed by atoms with Gasteiger partial charge in [-0.05, 0) is 97.1 Å². The van der Waals surface area contributed by atoms with E-state index in [-0.39, 0.29) is 34.4 Å². The molecule has 0 spiro atoms. The molecule has 1 amide bonds. The lowest BCUT2D eigenvalue weighted by molar-refractivity contribution is -0.120. The first-order valence-corrected chi connectivity index (χ1v) is 22.5. The van der Waals surface area contributed by atoms with Gasteiger partial charge in [-0.2, -0.15) is 0 Å². The standard InChI is InChI=1S/C52H74N6O5/c1-13-56(36-51(6,7)8)32-42(59)30-39-18-23-43(61-12)31-44(39)45-24-25-46(49(54-45)63-47-17-15-14-16-38(47)2)53-34-52(9,10)37-58(48(60)33-55(11)35-50(3,4)5)41-21-19-40(20-22-41)57-26-28-62-29-27-57/h14-25,31,53H,13,26-30,32-37H2,1-12H3. The first-order chi connectivity index (χ1) is 29.7. The molecule has 0 radical (unpaired) electrons. The number of morpholine rings is 1. The normalized spacial score (nSPS) is 13.7. The number of likely N-dealkylation sites (N-methyl/N-ethyl adjacent to an activating group) is 2. The van der Waals surface area contributed by atoms with E-state index in [1.165, 1.54) is 0 Å². The number of nitrogens with zero attached hydrogens (tertiary/aromatic N) is 5. The van der Waals surface area contributed by atoms with Crippen LogP contribution in [-0.4, -0.2) is 113 Å². The van der Waals surface area contributed by atoms with Crippen LogP contribution >= 0.6 is 0 Å². The molecule has 1 aromatic heterocycles. The fraction of sp³-hybridized carbons (Fsp3) is 0.519. The lowest BCUT2D eigenvalue weighted by atomic mass is 9.92. The third kappa shape index (κ3) is 15.1. The molecule has 11 heteroatoms. The highest BCUT2D eigenvalue weighted by molar-refractivity contribution is 5.95. The van der Waals surface area contributed by atoms with Crippen molar-refractivity contribution in [3.8, 4) is 28.6 Å². The van der Waals surface area contributed by atoms with Crippen molar-refractivity contribution in [1.82, 2.24) is 14.8 Å². The van der Waals surface area contributed by atoms with Crippen molar-refractivity contribution >= 4 is 28.8 Å². The number of benzene rings is 3.